The molecule has 0 spiro atoms. The lowest BCUT2D eigenvalue weighted by Gasteiger charge is -2.26. The number of nitrogens with zero attached hydrogens (tertiary/aromatic N) is 1. The first-order valence-electron chi connectivity index (χ1n) is 6.03. The summed E-state index contributed by atoms with van der Waals surface area (Å²) in [6.45, 7) is 3.64. The highest BCUT2D eigenvalue weighted by Gasteiger charge is 2.27. The van der Waals surface area contributed by atoms with Crippen molar-refractivity contribution in [2.75, 3.05) is 24.5 Å². The normalized spacial score (nSPS) is 17.6. The summed E-state index contributed by atoms with van der Waals surface area (Å²) in [4.78, 5) is 24.5. The molecule has 5 heteroatoms. The topological polar surface area (TPSA) is 75.4 Å². The highest BCUT2D eigenvalue weighted by atomic mass is 16.2. The van der Waals surface area contributed by atoms with Crippen LogP contribution in [-0.4, -0.2) is 31.4 Å². The Labute approximate surface area is 106 Å². The molecule has 1 atom stereocenters. The fourth-order valence-corrected chi connectivity index (χ4v) is 1.95. The molecular weight excluding hydrogens is 230 g/mol. The summed E-state index contributed by atoms with van der Waals surface area (Å²) >= 11 is 0. The summed E-state index contributed by atoms with van der Waals surface area (Å²) in [7, 11) is 0. The summed E-state index contributed by atoms with van der Waals surface area (Å²) in [6, 6.07) is 7.62. The van der Waals surface area contributed by atoms with Crippen LogP contribution in [0.2, 0.25) is 0 Å². The van der Waals surface area contributed by atoms with Crippen molar-refractivity contribution in [3.8, 4) is 0 Å². The molecule has 1 aliphatic heterocycles. The molecule has 0 saturated carbocycles. The maximum atomic E-state index is 11.7. The van der Waals surface area contributed by atoms with Crippen molar-refractivity contribution < 1.29 is 9.59 Å². The molecule has 0 radical (unpaired) electrons. The predicted octanol–water partition coefficient (Wildman–Crippen LogP) is 0.212. The number of nitrogens with two attached hydrogens (primary N) is 1. The molecule has 0 bridgehead atoms. The molecule has 96 valence electrons. The third kappa shape index (κ3) is 2.36. The zero-order valence-electron chi connectivity index (χ0n) is 10.3. The van der Waals surface area contributed by atoms with Gasteiger partial charge in [0, 0.05) is 18.8 Å². The number of amides is 2. The van der Waals surface area contributed by atoms with E-state index in [-0.39, 0.29) is 0 Å². The molecule has 2 amide bonds. The van der Waals surface area contributed by atoms with Gasteiger partial charge in [0.15, 0.2) is 0 Å². The Balaban J connectivity index is 2.19. The van der Waals surface area contributed by atoms with E-state index in [0.29, 0.717) is 25.6 Å². The minimum atomic E-state index is -0.541. The summed E-state index contributed by atoms with van der Waals surface area (Å²) < 4.78 is 0. The average Bonchev–Trinajstić information content (AvgIpc) is 2.41. The highest BCUT2D eigenvalue weighted by molar-refractivity contribution is 6.41. The Morgan fingerprint density at radius 2 is 2.00 bits per heavy atom. The first-order valence-corrected chi connectivity index (χ1v) is 6.03. The van der Waals surface area contributed by atoms with Crippen LogP contribution in [0.3, 0.4) is 0 Å². The molecular formula is C13H17N3O2. The number of anilines is 1. The molecule has 1 aliphatic rings. The number of hydrogen-bond donors (Lipinski definition) is 2. The van der Waals surface area contributed by atoms with Crippen LogP contribution in [0.25, 0.3) is 0 Å². The van der Waals surface area contributed by atoms with Crippen molar-refractivity contribution in [3.05, 3.63) is 29.8 Å². The predicted molar refractivity (Wildman–Crippen MR) is 69.3 cm³/mol. The van der Waals surface area contributed by atoms with Crippen molar-refractivity contribution in [1.82, 2.24) is 5.32 Å². The number of rotatable bonds is 3. The standard InChI is InChI=1S/C13H17N3O2/c1-9(8-14)10-2-4-11(5-3-10)16-7-6-15-12(17)13(16)18/h2-5,9H,6-8,14H2,1H3,(H,15,17). The first kappa shape index (κ1) is 12.6. The highest BCUT2D eigenvalue weighted by Crippen LogP contribution is 2.20. The minimum Gasteiger partial charge on any atom is -0.346 e. The van der Waals surface area contributed by atoms with Crippen LogP contribution in [0.5, 0.6) is 0 Å². The fourth-order valence-electron chi connectivity index (χ4n) is 1.95. The van der Waals surface area contributed by atoms with Crippen LogP contribution < -0.4 is 16.0 Å². The third-order valence-electron chi connectivity index (χ3n) is 3.19. The van der Waals surface area contributed by atoms with Crippen LogP contribution in [-0.2, 0) is 9.59 Å². The lowest BCUT2D eigenvalue weighted by Crippen LogP contribution is -2.52. The molecule has 2 rings (SSSR count). The van der Waals surface area contributed by atoms with Crippen molar-refractivity contribution in [3.63, 3.8) is 0 Å². The summed E-state index contributed by atoms with van der Waals surface area (Å²) in [5.41, 5.74) is 7.49. The molecule has 1 aromatic rings. The third-order valence-corrected chi connectivity index (χ3v) is 3.19. The second-order valence-corrected chi connectivity index (χ2v) is 4.44. The largest absolute Gasteiger partial charge is 0.346 e. The van der Waals surface area contributed by atoms with Crippen LogP contribution in [0.4, 0.5) is 5.69 Å². The van der Waals surface area contributed by atoms with Gasteiger partial charge in [0.1, 0.15) is 0 Å². The molecule has 0 aromatic heterocycles. The summed E-state index contributed by atoms with van der Waals surface area (Å²) in [5.74, 6) is -0.749. The van der Waals surface area contributed by atoms with Crippen LogP contribution in [0.15, 0.2) is 24.3 Å². The molecule has 18 heavy (non-hydrogen) atoms. The van der Waals surface area contributed by atoms with Crippen LogP contribution >= 0.6 is 0 Å². The van der Waals surface area contributed by atoms with Crippen molar-refractivity contribution in [1.29, 1.82) is 0 Å². The first-order chi connectivity index (χ1) is 8.63. The van der Waals surface area contributed by atoms with Gasteiger partial charge in [0.2, 0.25) is 0 Å². The smallest absolute Gasteiger partial charge is 0.316 e. The zero-order chi connectivity index (χ0) is 13.1. The Bertz CT molecular complexity index is 456. The number of carbonyl (C=O) groups excluding carboxylic acids is 2. The van der Waals surface area contributed by atoms with Crippen molar-refractivity contribution in [2.45, 2.75) is 12.8 Å². The van der Waals surface area contributed by atoms with Gasteiger partial charge < -0.3 is 16.0 Å². The van der Waals surface area contributed by atoms with Gasteiger partial charge in [-0.05, 0) is 30.2 Å². The number of benzene rings is 1. The van der Waals surface area contributed by atoms with E-state index in [1.54, 1.807) is 0 Å². The molecule has 3 N–H and O–H groups in total. The van der Waals surface area contributed by atoms with E-state index < -0.39 is 11.8 Å². The van der Waals surface area contributed by atoms with E-state index in [9.17, 15) is 9.59 Å². The van der Waals surface area contributed by atoms with Gasteiger partial charge in [-0.15, -0.1) is 0 Å². The second kappa shape index (κ2) is 5.18. The van der Waals surface area contributed by atoms with Gasteiger partial charge in [-0.2, -0.15) is 0 Å². The quantitative estimate of drug-likeness (QED) is 0.750. The maximum Gasteiger partial charge on any atom is 0.316 e. The molecule has 1 aromatic carbocycles. The molecule has 1 saturated heterocycles. The average molecular weight is 247 g/mol. The molecule has 5 nitrogen and oxygen atoms in total. The Hall–Kier alpha value is -1.88. The molecule has 1 unspecified atom stereocenters. The Morgan fingerprint density at radius 3 is 2.61 bits per heavy atom. The van der Waals surface area contributed by atoms with E-state index >= 15 is 0 Å². The van der Waals surface area contributed by atoms with Crippen molar-refractivity contribution in [2.24, 2.45) is 5.73 Å². The van der Waals surface area contributed by atoms with E-state index in [2.05, 4.69) is 12.2 Å². The zero-order valence-corrected chi connectivity index (χ0v) is 10.3. The van der Waals surface area contributed by atoms with E-state index in [1.807, 2.05) is 24.3 Å². The van der Waals surface area contributed by atoms with Crippen LogP contribution in [0, 0.1) is 0 Å². The number of piperazine rings is 1. The van der Waals surface area contributed by atoms with Gasteiger partial charge in [0.05, 0.1) is 0 Å². The lowest BCUT2D eigenvalue weighted by atomic mass is 10.0. The van der Waals surface area contributed by atoms with E-state index in [4.69, 9.17) is 5.73 Å². The fraction of sp³-hybridized carbons (Fsp3) is 0.385. The van der Waals surface area contributed by atoms with Gasteiger partial charge >= 0.3 is 11.8 Å². The second-order valence-electron chi connectivity index (χ2n) is 4.44. The molecule has 1 fully saturated rings. The van der Waals surface area contributed by atoms with Gasteiger partial charge in [0.25, 0.3) is 0 Å². The number of nitrogens with one attached hydrogen (secondary N) is 1. The Kier molecular flexibility index (Phi) is 3.62. The molecule has 1 heterocycles. The summed E-state index contributed by atoms with van der Waals surface area (Å²) in [5, 5.41) is 2.52. The van der Waals surface area contributed by atoms with Gasteiger partial charge in [-0.1, -0.05) is 19.1 Å². The SMILES string of the molecule is CC(CN)c1ccc(N2CCNC(=O)C2=O)cc1. The lowest BCUT2D eigenvalue weighted by molar-refractivity contribution is -0.138. The minimum absolute atomic E-state index is 0.291. The van der Waals surface area contributed by atoms with E-state index in [1.165, 1.54) is 4.90 Å². The maximum absolute atomic E-state index is 11.7. The van der Waals surface area contributed by atoms with Crippen LogP contribution in [0.1, 0.15) is 18.4 Å². The number of hydrogen-bond acceptors (Lipinski definition) is 3. The van der Waals surface area contributed by atoms with Crippen molar-refractivity contribution >= 4 is 17.5 Å². The number of carbonyl (C=O) groups is 2. The van der Waals surface area contributed by atoms with Gasteiger partial charge in [-0.25, -0.2) is 0 Å². The molecule has 0 aliphatic carbocycles. The summed E-state index contributed by atoms with van der Waals surface area (Å²) in [6.07, 6.45) is 0. The monoisotopic (exact) mass is 247 g/mol. The van der Waals surface area contributed by atoms with E-state index in [0.717, 1.165) is 11.3 Å². The van der Waals surface area contributed by atoms with Gasteiger partial charge in [-0.3, -0.25) is 9.59 Å². The Morgan fingerprint density at radius 1 is 1.33 bits per heavy atom.